The second-order valence-corrected chi connectivity index (χ2v) is 8.17. The van der Waals surface area contributed by atoms with Crippen LogP contribution in [0.3, 0.4) is 0 Å². The van der Waals surface area contributed by atoms with Crippen LogP contribution in [0.5, 0.6) is 11.5 Å². The first-order chi connectivity index (χ1) is 14.6. The van der Waals surface area contributed by atoms with Gasteiger partial charge in [0, 0.05) is 11.6 Å². The van der Waals surface area contributed by atoms with E-state index in [1.165, 1.54) is 0 Å². The van der Waals surface area contributed by atoms with Crippen molar-refractivity contribution in [2.45, 2.75) is 46.6 Å². The van der Waals surface area contributed by atoms with Gasteiger partial charge in [-0.15, -0.1) is 0 Å². The number of aryl methyl sites for hydroxylation is 2. The summed E-state index contributed by atoms with van der Waals surface area (Å²) in [5, 5.41) is 3.50. The Morgan fingerprint density at radius 2 is 1.68 bits per heavy atom. The summed E-state index contributed by atoms with van der Waals surface area (Å²) >= 11 is 6.02. The van der Waals surface area contributed by atoms with Gasteiger partial charge < -0.3 is 19.5 Å². The normalized spacial score (nSPS) is 11.0. The Bertz CT molecular complexity index is 886. The lowest BCUT2D eigenvalue weighted by atomic mass is 10.1. The Kier molecular flexibility index (Phi) is 8.75. The minimum atomic E-state index is -1.06. The maximum Gasteiger partial charge on any atom is 0.349 e. The number of halogens is 1. The average molecular weight is 448 g/mol. The summed E-state index contributed by atoms with van der Waals surface area (Å²) in [4.78, 5) is 24.0. The summed E-state index contributed by atoms with van der Waals surface area (Å²) in [5.41, 5.74) is 1.76. The summed E-state index contributed by atoms with van der Waals surface area (Å²) in [5.74, 6) is 0.659. The predicted molar refractivity (Wildman–Crippen MR) is 121 cm³/mol. The van der Waals surface area contributed by atoms with E-state index in [-0.39, 0.29) is 12.5 Å². The molecule has 0 unspecified atom stereocenters. The molecule has 31 heavy (non-hydrogen) atoms. The van der Waals surface area contributed by atoms with Crippen molar-refractivity contribution in [3.8, 4) is 11.5 Å². The van der Waals surface area contributed by atoms with Crippen LogP contribution in [0.1, 0.15) is 37.5 Å². The average Bonchev–Trinajstić information content (AvgIpc) is 2.68. The number of carbonyl (C=O) groups excluding carboxylic acids is 2. The fourth-order valence-electron chi connectivity index (χ4n) is 3.03. The van der Waals surface area contributed by atoms with E-state index in [1.807, 2.05) is 38.1 Å². The third-order valence-electron chi connectivity index (χ3n) is 4.57. The van der Waals surface area contributed by atoms with Crippen LogP contribution >= 0.6 is 11.6 Å². The van der Waals surface area contributed by atoms with Crippen LogP contribution in [0.15, 0.2) is 36.4 Å². The lowest BCUT2D eigenvalue weighted by Crippen LogP contribution is -2.39. The number of hydrogen-bond donors (Lipinski definition) is 1. The van der Waals surface area contributed by atoms with E-state index < -0.39 is 11.6 Å². The molecule has 6 nitrogen and oxygen atoms in total. The van der Waals surface area contributed by atoms with E-state index in [2.05, 4.69) is 5.32 Å². The number of ether oxygens (including phenoxy) is 3. The molecule has 1 N–H and O–H groups in total. The molecule has 2 aromatic rings. The van der Waals surface area contributed by atoms with E-state index in [9.17, 15) is 9.59 Å². The Hall–Kier alpha value is -2.73. The minimum absolute atomic E-state index is 0.0565. The maximum absolute atomic E-state index is 12.1. The van der Waals surface area contributed by atoms with Crippen LogP contribution in [0.25, 0.3) is 0 Å². The van der Waals surface area contributed by atoms with Crippen molar-refractivity contribution in [3.05, 3.63) is 58.1 Å². The van der Waals surface area contributed by atoms with Gasteiger partial charge in [0.2, 0.25) is 0 Å². The van der Waals surface area contributed by atoms with Crippen LogP contribution in [0, 0.1) is 13.8 Å². The summed E-state index contributed by atoms with van der Waals surface area (Å²) < 4.78 is 16.4. The lowest BCUT2D eigenvalue weighted by Gasteiger charge is -2.24. The zero-order chi connectivity index (χ0) is 23.0. The summed E-state index contributed by atoms with van der Waals surface area (Å²) in [6, 6.07) is 11.0. The molecule has 0 aliphatic carbocycles. The molecule has 0 aliphatic heterocycles. The van der Waals surface area contributed by atoms with Crippen molar-refractivity contribution >= 4 is 23.5 Å². The highest BCUT2D eigenvalue weighted by molar-refractivity contribution is 6.30. The van der Waals surface area contributed by atoms with Crippen molar-refractivity contribution in [1.29, 1.82) is 0 Å². The second-order valence-electron chi connectivity index (χ2n) is 7.73. The van der Waals surface area contributed by atoms with Gasteiger partial charge in [0.25, 0.3) is 5.91 Å². The molecule has 0 fully saturated rings. The van der Waals surface area contributed by atoms with Crippen LogP contribution in [0.2, 0.25) is 5.02 Å². The third-order valence-corrected chi connectivity index (χ3v) is 4.79. The third kappa shape index (κ3) is 7.47. The molecule has 2 rings (SSSR count). The van der Waals surface area contributed by atoms with Crippen LogP contribution in [0.4, 0.5) is 0 Å². The summed E-state index contributed by atoms with van der Waals surface area (Å²) in [6.45, 7) is 9.62. The highest BCUT2D eigenvalue weighted by Gasteiger charge is 2.31. The Morgan fingerprint density at radius 1 is 1.06 bits per heavy atom. The van der Waals surface area contributed by atoms with Crippen LogP contribution in [-0.2, 0) is 20.7 Å². The Balaban J connectivity index is 1.78. The number of nitrogens with one attached hydrogen (secondary N) is 1. The van der Waals surface area contributed by atoms with Crippen LogP contribution in [-0.4, -0.2) is 37.2 Å². The molecular formula is C24H30ClNO5. The van der Waals surface area contributed by atoms with Gasteiger partial charge in [0.15, 0.2) is 12.2 Å². The molecule has 0 aromatic heterocycles. The van der Waals surface area contributed by atoms with Gasteiger partial charge in [-0.3, -0.25) is 4.79 Å². The lowest BCUT2D eigenvalue weighted by molar-refractivity contribution is -0.158. The van der Waals surface area contributed by atoms with Crippen molar-refractivity contribution in [3.63, 3.8) is 0 Å². The molecule has 0 bridgehead atoms. The first-order valence-corrected chi connectivity index (χ1v) is 10.6. The molecule has 1 amide bonds. The fraction of sp³-hybridized carbons (Fsp3) is 0.417. The number of esters is 1. The number of amides is 1. The molecule has 2 aromatic carbocycles. The molecule has 0 atom stereocenters. The van der Waals surface area contributed by atoms with Gasteiger partial charge in [-0.05, 0) is 82.0 Å². The SMILES string of the molecule is CCOC(=O)C(C)(C)Oc1ccc(CCNC(=O)COc2c(C)cc(Cl)cc2C)cc1. The monoisotopic (exact) mass is 447 g/mol. The largest absolute Gasteiger partial charge is 0.483 e. The molecule has 0 radical (unpaired) electrons. The van der Waals surface area contributed by atoms with E-state index in [0.29, 0.717) is 36.1 Å². The zero-order valence-electron chi connectivity index (χ0n) is 18.7. The maximum atomic E-state index is 12.1. The number of hydrogen-bond acceptors (Lipinski definition) is 5. The summed E-state index contributed by atoms with van der Waals surface area (Å²) in [6.07, 6.45) is 0.659. The highest BCUT2D eigenvalue weighted by Crippen LogP contribution is 2.27. The van der Waals surface area contributed by atoms with E-state index in [1.54, 1.807) is 32.9 Å². The zero-order valence-corrected chi connectivity index (χ0v) is 19.5. The highest BCUT2D eigenvalue weighted by atomic mass is 35.5. The first-order valence-electron chi connectivity index (χ1n) is 10.2. The van der Waals surface area contributed by atoms with Crippen molar-refractivity contribution < 1.29 is 23.8 Å². The number of benzene rings is 2. The standard InChI is InChI=1S/C24H30ClNO5/c1-6-29-23(28)24(4,5)31-20-9-7-18(8-10-20)11-12-26-21(27)15-30-22-16(2)13-19(25)14-17(22)3/h7-10,13-14H,6,11-12,15H2,1-5H3,(H,26,27). The fourth-order valence-corrected chi connectivity index (χ4v) is 3.35. The molecule has 0 spiro atoms. The predicted octanol–water partition coefficient (Wildman–Crippen LogP) is 4.42. The molecule has 168 valence electrons. The van der Waals surface area contributed by atoms with Gasteiger partial charge >= 0.3 is 5.97 Å². The summed E-state index contributed by atoms with van der Waals surface area (Å²) in [7, 11) is 0. The van der Waals surface area contributed by atoms with Gasteiger partial charge in [0.1, 0.15) is 11.5 Å². The van der Waals surface area contributed by atoms with Crippen molar-refractivity contribution in [2.24, 2.45) is 0 Å². The number of rotatable bonds is 10. The van der Waals surface area contributed by atoms with Crippen LogP contribution < -0.4 is 14.8 Å². The molecule has 0 aliphatic rings. The van der Waals surface area contributed by atoms with Crippen molar-refractivity contribution in [1.82, 2.24) is 5.32 Å². The van der Waals surface area contributed by atoms with Gasteiger partial charge in [-0.25, -0.2) is 4.79 Å². The molecule has 0 saturated carbocycles. The first kappa shape index (κ1) is 24.5. The van der Waals surface area contributed by atoms with Crippen molar-refractivity contribution in [2.75, 3.05) is 19.8 Å². The molecule has 0 saturated heterocycles. The van der Waals surface area contributed by atoms with Gasteiger partial charge in [0.05, 0.1) is 6.61 Å². The molecule has 0 heterocycles. The number of carbonyl (C=O) groups is 2. The smallest absolute Gasteiger partial charge is 0.349 e. The Morgan fingerprint density at radius 3 is 2.26 bits per heavy atom. The van der Waals surface area contributed by atoms with E-state index in [4.69, 9.17) is 25.8 Å². The second kappa shape index (κ2) is 11.0. The Labute approximate surface area is 188 Å². The van der Waals surface area contributed by atoms with Gasteiger partial charge in [-0.1, -0.05) is 23.7 Å². The molecule has 7 heteroatoms. The molecular weight excluding hydrogens is 418 g/mol. The topological polar surface area (TPSA) is 73.9 Å². The minimum Gasteiger partial charge on any atom is -0.483 e. The quantitative estimate of drug-likeness (QED) is 0.546. The van der Waals surface area contributed by atoms with E-state index in [0.717, 1.165) is 16.7 Å². The van der Waals surface area contributed by atoms with Gasteiger partial charge in [-0.2, -0.15) is 0 Å². The van der Waals surface area contributed by atoms with E-state index >= 15 is 0 Å².